The quantitative estimate of drug-likeness (QED) is 0.898. The molecule has 1 aliphatic heterocycles. The van der Waals surface area contributed by atoms with E-state index in [0.717, 1.165) is 30.5 Å². The van der Waals surface area contributed by atoms with Crippen LogP contribution in [0.3, 0.4) is 0 Å². The van der Waals surface area contributed by atoms with Gasteiger partial charge in [-0.15, -0.1) is 0 Å². The number of hydrogen-bond donors (Lipinski definition) is 1. The third kappa shape index (κ3) is 4.78. The molecule has 27 heavy (non-hydrogen) atoms. The van der Waals surface area contributed by atoms with Gasteiger partial charge in [0.25, 0.3) is 5.91 Å². The lowest BCUT2D eigenvalue weighted by molar-refractivity contribution is 0.0461. The molecule has 2 aromatic heterocycles. The topological polar surface area (TPSA) is 75.9 Å². The van der Waals surface area contributed by atoms with Crippen molar-refractivity contribution in [2.75, 3.05) is 13.1 Å². The van der Waals surface area contributed by atoms with Gasteiger partial charge < -0.3 is 19.4 Å². The summed E-state index contributed by atoms with van der Waals surface area (Å²) in [6.45, 7) is 8.54. The van der Waals surface area contributed by atoms with Crippen LogP contribution < -0.4 is 5.32 Å². The van der Waals surface area contributed by atoms with Gasteiger partial charge in [0.05, 0.1) is 0 Å². The minimum Gasteiger partial charge on any atom is -0.444 e. The van der Waals surface area contributed by atoms with Crippen LogP contribution in [0.15, 0.2) is 24.5 Å². The van der Waals surface area contributed by atoms with E-state index >= 15 is 0 Å². The van der Waals surface area contributed by atoms with Crippen molar-refractivity contribution in [2.24, 2.45) is 0 Å². The number of hydrogen-bond acceptors (Lipinski definition) is 4. The zero-order chi connectivity index (χ0) is 19.6. The predicted octanol–water partition coefficient (Wildman–Crippen LogP) is 3.16. The lowest BCUT2D eigenvalue weighted by Gasteiger charge is -2.35. The number of pyridine rings is 1. The molecule has 3 heterocycles. The van der Waals surface area contributed by atoms with Gasteiger partial charge in [0.15, 0.2) is 0 Å². The lowest BCUT2D eigenvalue weighted by atomic mass is 10.0. The molecule has 1 saturated heterocycles. The number of nitrogens with one attached hydrogen (secondary N) is 1. The fraction of sp³-hybridized carbons (Fsp3) is 0.550. The zero-order valence-corrected chi connectivity index (χ0v) is 16.5. The predicted molar refractivity (Wildman–Crippen MR) is 103 cm³/mol. The lowest BCUT2D eigenvalue weighted by Crippen LogP contribution is -2.50. The van der Waals surface area contributed by atoms with Crippen molar-refractivity contribution in [1.82, 2.24) is 19.6 Å². The van der Waals surface area contributed by atoms with Crippen molar-refractivity contribution in [2.45, 2.75) is 58.6 Å². The van der Waals surface area contributed by atoms with Gasteiger partial charge in [0, 0.05) is 31.5 Å². The van der Waals surface area contributed by atoms with Crippen molar-refractivity contribution >= 4 is 17.6 Å². The number of aromatic nitrogens is 2. The number of carbonyl (C=O) groups excluding carboxylic acids is 2. The number of nitrogens with zero attached hydrogens (tertiary/aromatic N) is 3. The normalized spacial score (nSPS) is 17.8. The molecule has 7 nitrogen and oxygen atoms in total. The van der Waals surface area contributed by atoms with E-state index in [1.54, 1.807) is 6.20 Å². The summed E-state index contributed by atoms with van der Waals surface area (Å²) in [4.78, 5) is 31.3. The van der Waals surface area contributed by atoms with Crippen LogP contribution in [0.5, 0.6) is 0 Å². The van der Waals surface area contributed by atoms with E-state index in [0.29, 0.717) is 18.8 Å². The third-order valence-electron chi connectivity index (χ3n) is 4.60. The Labute approximate surface area is 159 Å². The Kier molecular flexibility index (Phi) is 5.39. The van der Waals surface area contributed by atoms with Gasteiger partial charge in [-0.05, 0) is 64.7 Å². The number of alkyl carbamates (subject to hydrolysis) is 1. The van der Waals surface area contributed by atoms with Crippen LogP contribution in [0.25, 0.3) is 5.65 Å². The number of imidazole rings is 1. The summed E-state index contributed by atoms with van der Waals surface area (Å²) in [7, 11) is 0. The molecule has 2 amide bonds. The molecule has 0 saturated carbocycles. The molecule has 0 radical (unpaired) electrons. The summed E-state index contributed by atoms with van der Waals surface area (Å²) in [6.07, 6.45) is 6.07. The Morgan fingerprint density at radius 1 is 1.33 bits per heavy atom. The standard InChI is InChI=1S/C20H28N4O3/c1-14-8-10-23-13-16(22-17(23)11-14)18(25)24-9-6-5-7-15(24)12-21-19(26)27-20(2,3)4/h8,10-11,13,15H,5-7,9,12H2,1-4H3,(H,21,26). The number of rotatable bonds is 3. The Balaban J connectivity index is 1.70. The third-order valence-corrected chi connectivity index (χ3v) is 4.60. The SMILES string of the molecule is Cc1ccn2cc(C(=O)N3CCCCC3CNC(=O)OC(C)(C)C)nc2c1. The molecule has 1 atom stereocenters. The van der Waals surface area contributed by atoms with Gasteiger partial charge in [-0.2, -0.15) is 0 Å². The van der Waals surface area contributed by atoms with Gasteiger partial charge in [-0.3, -0.25) is 4.79 Å². The average Bonchev–Trinajstić information content (AvgIpc) is 3.01. The number of fused-ring (bicyclic) bond motifs is 1. The number of piperidine rings is 1. The number of ether oxygens (including phenoxy) is 1. The molecular weight excluding hydrogens is 344 g/mol. The highest BCUT2D eigenvalue weighted by Gasteiger charge is 2.29. The van der Waals surface area contributed by atoms with Crippen molar-refractivity contribution in [3.63, 3.8) is 0 Å². The Bertz CT molecular complexity index is 837. The maximum atomic E-state index is 13.0. The summed E-state index contributed by atoms with van der Waals surface area (Å²) in [5.41, 5.74) is 1.76. The molecule has 7 heteroatoms. The average molecular weight is 372 g/mol. The molecule has 0 bridgehead atoms. The first kappa shape index (κ1) is 19.2. The molecule has 1 N–H and O–H groups in total. The Morgan fingerprint density at radius 2 is 2.11 bits per heavy atom. The van der Waals surface area contributed by atoms with Crippen LogP contribution in [-0.4, -0.2) is 51.0 Å². The number of amides is 2. The number of aryl methyl sites for hydroxylation is 1. The molecule has 2 aromatic rings. The van der Waals surface area contributed by atoms with E-state index in [2.05, 4.69) is 10.3 Å². The van der Waals surface area contributed by atoms with Gasteiger partial charge in [-0.25, -0.2) is 9.78 Å². The Morgan fingerprint density at radius 3 is 2.85 bits per heavy atom. The first-order valence-corrected chi connectivity index (χ1v) is 9.46. The number of carbonyl (C=O) groups is 2. The second kappa shape index (κ2) is 7.58. The highest BCUT2D eigenvalue weighted by atomic mass is 16.6. The van der Waals surface area contributed by atoms with Crippen LogP contribution in [0.4, 0.5) is 4.79 Å². The first-order chi connectivity index (χ1) is 12.7. The maximum absolute atomic E-state index is 13.0. The molecule has 0 aromatic carbocycles. The van der Waals surface area contributed by atoms with E-state index in [9.17, 15) is 9.59 Å². The Hall–Kier alpha value is -2.57. The fourth-order valence-corrected chi connectivity index (χ4v) is 3.33. The molecule has 146 valence electrons. The van der Waals surface area contributed by atoms with Gasteiger partial charge in [0.2, 0.25) is 0 Å². The summed E-state index contributed by atoms with van der Waals surface area (Å²) < 4.78 is 7.15. The van der Waals surface area contributed by atoms with E-state index in [1.807, 2.05) is 55.3 Å². The molecule has 1 aliphatic rings. The van der Waals surface area contributed by atoms with Crippen molar-refractivity contribution in [3.05, 3.63) is 35.8 Å². The summed E-state index contributed by atoms with van der Waals surface area (Å²) in [6, 6.07) is 3.89. The van der Waals surface area contributed by atoms with E-state index in [4.69, 9.17) is 4.74 Å². The largest absolute Gasteiger partial charge is 0.444 e. The first-order valence-electron chi connectivity index (χ1n) is 9.46. The fourth-order valence-electron chi connectivity index (χ4n) is 3.33. The molecular formula is C20H28N4O3. The highest BCUT2D eigenvalue weighted by molar-refractivity contribution is 5.93. The van der Waals surface area contributed by atoms with Gasteiger partial charge in [0.1, 0.15) is 16.9 Å². The van der Waals surface area contributed by atoms with Gasteiger partial charge in [-0.1, -0.05) is 0 Å². The second-order valence-corrected chi connectivity index (χ2v) is 8.13. The van der Waals surface area contributed by atoms with Crippen molar-refractivity contribution in [3.8, 4) is 0 Å². The van der Waals surface area contributed by atoms with Gasteiger partial charge >= 0.3 is 6.09 Å². The van der Waals surface area contributed by atoms with Crippen molar-refractivity contribution < 1.29 is 14.3 Å². The summed E-state index contributed by atoms with van der Waals surface area (Å²) >= 11 is 0. The van der Waals surface area contributed by atoms with Crippen LogP contribution in [0.1, 0.15) is 56.1 Å². The van der Waals surface area contributed by atoms with Crippen LogP contribution in [0, 0.1) is 6.92 Å². The number of likely N-dealkylation sites (tertiary alicyclic amines) is 1. The smallest absolute Gasteiger partial charge is 0.407 e. The van der Waals surface area contributed by atoms with E-state index in [-0.39, 0.29) is 11.9 Å². The van der Waals surface area contributed by atoms with Crippen LogP contribution >= 0.6 is 0 Å². The minimum absolute atomic E-state index is 0.0506. The van der Waals surface area contributed by atoms with Crippen LogP contribution in [0.2, 0.25) is 0 Å². The molecule has 3 rings (SSSR count). The van der Waals surface area contributed by atoms with E-state index in [1.165, 1.54) is 0 Å². The monoisotopic (exact) mass is 372 g/mol. The second-order valence-electron chi connectivity index (χ2n) is 8.13. The highest BCUT2D eigenvalue weighted by Crippen LogP contribution is 2.20. The summed E-state index contributed by atoms with van der Waals surface area (Å²) in [5, 5.41) is 2.80. The summed E-state index contributed by atoms with van der Waals surface area (Å²) in [5.74, 6) is -0.0907. The molecule has 1 fully saturated rings. The minimum atomic E-state index is -0.541. The zero-order valence-electron chi connectivity index (χ0n) is 16.5. The molecule has 0 aliphatic carbocycles. The molecule has 0 spiro atoms. The van der Waals surface area contributed by atoms with Crippen LogP contribution in [-0.2, 0) is 4.74 Å². The maximum Gasteiger partial charge on any atom is 0.407 e. The molecule has 1 unspecified atom stereocenters. The van der Waals surface area contributed by atoms with E-state index < -0.39 is 11.7 Å². The van der Waals surface area contributed by atoms with Crippen molar-refractivity contribution in [1.29, 1.82) is 0 Å².